The topological polar surface area (TPSA) is 58.3 Å². The summed E-state index contributed by atoms with van der Waals surface area (Å²) in [5, 5.41) is 18.4. The van der Waals surface area contributed by atoms with Crippen molar-refractivity contribution in [1.82, 2.24) is 9.55 Å². The fraction of sp³-hybridized carbons (Fsp3) is 0. The minimum atomic E-state index is 0.0312. The Morgan fingerprint density at radius 1 is 1.08 bits per heavy atom. The van der Waals surface area contributed by atoms with Crippen molar-refractivity contribution in [3.63, 3.8) is 0 Å². The van der Waals surface area contributed by atoms with Gasteiger partial charge in [0.25, 0.3) is 0 Å². The molecular formula is C9H8N2O2. The van der Waals surface area contributed by atoms with E-state index in [2.05, 4.69) is 4.98 Å². The van der Waals surface area contributed by atoms with Gasteiger partial charge in [-0.15, -0.1) is 0 Å². The van der Waals surface area contributed by atoms with Crippen LogP contribution >= 0.6 is 0 Å². The second-order valence-corrected chi connectivity index (χ2v) is 2.68. The molecule has 0 atom stereocenters. The van der Waals surface area contributed by atoms with Crippen molar-refractivity contribution in [3.8, 4) is 17.2 Å². The quantitative estimate of drug-likeness (QED) is 0.688. The molecule has 2 aromatic rings. The van der Waals surface area contributed by atoms with E-state index in [4.69, 9.17) is 0 Å². The van der Waals surface area contributed by atoms with E-state index in [0.29, 0.717) is 5.69 Å². The molecule has 0 saturated heterocycles. The Labute approximate surface area is 74.7 Å². The van der Waals surface area contributed by atoms with Crippen LogP contribution < -0.4 is 0 Å². The van der Waals surface area contributed by atoms with Crippen LogP contribution in [0.5, 0.6) is 11.5 Å². The van der Waals surface area contributed by atoms with Gasteiger partial charge < -0.3 is 14.8 Å². The number of nitrogens with zero attached hydrogens (tertiary/aromatic N) is 2. The van der Waals surface area contributed by atoms with Crippen LogP contribution in [0.3, 0.4) is 0 Å². The van der Waals surface area contributed by atoms with Gasteiger partial charge in [0, 0.05) is 30.6 Å². The number of benzene rings is 1. The van der Waals surface area contributed by atoms with Crippen molar-refractivity contribution in [2.24, 2.45) is 0 Å². The lowest BCUT2D eigenvalue weighted by Crippen LogP contribution is -1.88. The van der Waals surface area contributed by atoms with Crippen LogP contribution in [0.4, 0.5) is 0 Å². The van der Waals surface area contributed by atoms with Gasteiger partial charge in [0.2, 0.25) is 0 Å². The molecule has 0 unspecified atom stereocenters. The molecule has 0 aliphatic rings. The van der Waals surface area contributed by atoms with Crippen LogP contribution in [0.2, 0.25) is 0 Å². The molecule has 1 aromatic heterocycles. The monoisotopic (exact) mass is 176 g/mol. The van der Waals surface area contributed by atoms with E-state index >= 15 is 0 Å². The van der Waals surface area contributed by atoms with Crippen LogP contribution in [-0.4, -0.2) is 19.8 Å². The maximum Gasteiger partial charge on any atom is 0.121 e. The van der Waals surface area contributed by atoms with Gasteiger partial charge in [0.15, 0.2) is 0 Å². The summed E-state index contributed by atoms with van der Waals surface area (Å²) in [5.41, 5.74) is 0.676. The predicted molar refractivity (Wildman–Crippen MR) is 46.9 cm³/mol. The number of aromatic nitrogens is 2. The first kappa shape index (κ1) is 7.67. The Morgan fingerprint density at radius 3 is 2.31 bits per heavy atom. The third kappa shape index (κ3) is 1.46. The van der Waals surface area contributed by atoms with Gasteiger partial charge in [-0.1, -0.05) is 0 Å². The van der Waals surface area contributed by atoms with E-state index in [1.165, 1.54) is 6.07 Å². The largest absolute Gasteiger partial charge is 0.508 e. The van der Waals surface area contributed by atoms with E-state index in [0.717, 1.165) is 0 Å². The zero-order valence-corrected chi connectivity index (χ0v) is 6.75. The lowest BCUT2D eigenvalue weighted by molar-refractivity contribution is 0.450. The van der Waals surface area contributed by atoms with Crippen molar-refractivity contribution in [3.05, 3.63) is 36.9 Å². The van der Waals surface area contributed by atoms with Gasteiger partial charge in [-0.3, -0.25) is 0 Å². The molecule has 0 bridgehead atoms. The van der Waals surface area contributed by atoms with E-state index in [-0.39, 0.29) is 11.5 Å². The van der Waals surface area contributed by atoms with Gasteiger partial charge in [0.05, 0.1) is 12.0 Å². The van der Waals surface area contributed by atoms with Gasteiger partial charge >= 0.3 is 0 Å². The van der Waals surface area contributed by atoms with Gasteiger partial charge in [-0.25, -0.2) is 4.98 Å². The second-order valence-electron chi connectivity index (χ2n) is 2.68. The number of phenolic OH excluding ortho intramolecular Hbond substituents is 2. The highest BCUT2D eigenvalue weighted by atomic mass is 16.3. The summed E-state index contributed by atoms with van der Waals surface area (Å²) in [6, 6.07) is 4.36. The highest BCUT2D eigenvalue weighted by Crippen LogP contribution is 2.22. The molecule has 2 rings (SSSR count). The minimum absolute atomic E-state index is 0.0312. The van der Waals surface area contributed by atoms with E-state index in [1.807, 2.05) is 0 Å². The summed E-state index contributed by atoms with van der Waals surface area (Å²) in [5.74, 6) is 0.0624. The number of hydrogen-bond acceptors (Lipinski definition) is 3. The third-order valence-electron chi connectivity index (χ3n) is 1.69. The molecule has 0 fully saturated rings. The molecule has 13 heavy (non-hydrogen) atoms. The van der Waals surface area contributed by atoms with Crippen LogP contribution in [0.1, 0.15) is 0 Å². The Hall–Kier alpha value is -1.97. The highest BCUT2D eigenvalue weighted by molar-refractivity contribution is 5.45. The summed E-state index contributed by atoms with van der Waals surface area (Å²) in [7, 11) is 0. The van der Waals surface area contributed by atoms with Gasteiger partial charge in [-0.2, -0.15) is 0 Å². The lowest BCUT2D eigenvalue weighted by Gasteiger charge is -2.03. The number of hydrogen-bond donors (Lipinski definition) is 2. The summed E-state index contributed by atoms with van der Waals surface area (Å²) in [4.78, 5) is 3.86. The fourth-order valence-electron chi connectivity index (χ4n) is 1.14. The van der Waals surface area contributed by atoms with Crippen LogP contribution in [0.15, 0.2) is 36.9 Å². The summed E-state index contributed by atoms with van der Waals surface area (Å²) in [6.07, 6.45) is 4.95. The van der Waals surface area contributed by atoms with Crippen molar-refractivity contribution in [2.75, 3.05) is 0 Å². The maximum atomic E-state index is 9.20. The van der Waals surface area contributed by atoms with Crippen molar-refractivity contribution in [2.45, 2.75) is 0 Å². The number of imidazole rings is 1. The normalized spacial score (nSPS) is 10.2. The van der Waals surface area contributed by atoms with Crippen LogP contribution in [-0.2, 0) is 0 Å². The molecule has 0 amide bonds. The Kier molecular flexibility index (Phi) is 1.66. The molecule has 2 N–H and O–H groups in total. The van der Waals surface area contributed by atoms with Crippen molar-refractivity contribution >= 4 is 0 Å². The summed E-state index contributed by atoms with van der Waals surface area (Å²) in [6.45, 7) is 0. The molecule has 0 radical (unpaired) electrons. The molecule has 1 aromatic carbocycles. The average Bonchev–Trinajstić information content (AvgIpc) is 2.53. The Balaban J connectivity index is 2.53. The van der Waals surface area contributed by atoms with Crippen molar-refractivity contribution in [1.29, 1.82) is 0 Å². The molecular weight excluding hydrogens is 168 g/mol. The van der Waals surface area contributed by atoms with Gasteiger partial charge in [-0.05, 0) is 0 Å². The van der Waals surface area contributed by atoms with Gasteiger partial charge in [0.1, 0.15) is 11.5 Å². The Morgan fingerprint density at radius 2 is 1.77 bits per heavy atom. The molecule has 0 saturated carbocycles. The first-order chi connectivity index (χ1) is 6.25. The smallest absolute Gasteiger partial charge is 0.121 e. The molecule has 4 nitrogen and oxygen atoms in total. The van der Waals surface area contributed by atoms with Crippen LogP contribution in [0.25, 0.3) is 5.69 Å². The van der Waals surface area contributed by atoms with E-state index in [1.54, 1.807) is 35.4 Å². The van der Waals surface area contributed by atoms with E-state index < -0.39 is 0 Å². The zero-order valence-electron chi connectivity index (χ0n) is 6.75. The maximum absolute atomic E-state index is 9.20. The van der Waals surface area contributed by atoms with Crippen LogP contribution in [0, 0.1) is 0 Å². The van der Waals surface area contributed by atoms with E-state index in [9.17, 15) is 10.2 Å². The summed E-state index contributed by atoms with van der Waals surface area (Å²) >= 11 is 0. The highest BCUT2D eigenvalue weighted by Gasteiger charge is 1.99. The average molecular weight is 176 g/mol. The number of aromatic hydroxyl groups is 2. The Bertz CT molecular complexity index is 389. The molecule has 0 spiro atoms. The molecule has 0 aliphatic heterocycles. The first-order valence-corrected chi connectivity index (χ1v) is 3.77. The fourth-order valence-corrected chi connectivity index (χ4v) is 1.14. The molecule has 1 heterocycles. The third-order valence-corrected chi connectivity index (χ3v) is 1.69. The molecule has 0 aliphatic carbocycles. The first-order valence-electron chi connectivity index (χ1n) is 3.77. The zero-order chi connectivity index (χ0) is 9.26. The summed E-state index contributed by atoms with van der Waals surface area (Å²) < 4.78 is 1.69. The van der Waals surface area contributed by atoms with Crippen molar-refractivity contribution < 1.29 is 10.2 Å². The number of rotatable bonds is 1. The lowest BCUT2D eigenvalue weighted by atomic mass is 10.3. The molecule has 4 heteroatoms. The second kappa shape index (κ2) is 2.82. The SMILES string of the molecule is Oc1cc(O)cc(-n2ccnc2)c1. The standard InChI is InChI=1S/C9H8N2O2/c12-8-3-7(4-9(13)5-8)11-2-1-10-6-11/h1-6,12-13H. The minimum Gasteiger partial charge on any atom is -0.508 e. The number of phenols is 2. The predicted octanol–water partition coefficient (Wildman–Crippen LogP) is 1.28. The molecule has 66 valence electrons.